The summed E-state index contributed by atoms with van der Waals surface area (Å²) in [6.45, 7) is 0.665. The quantitative estimate of drug-likeness (QED) is 0.836. The van der Waals surface area contributed by atoms with E-state index in [0.717, 1.165) is 15.9 Å². The lowest BCUT2D eigenvalue weighted by Crippen LogP contribution is -2.02. The Morgan fingerprint density at radius 3 is 2.73 bits per heavy atom. The van der Waals surface area contributed by atoms with E-state index >= 15 is 0 Å². The molecule has 0 saturated carbocycles. The summed E-state index contributed by atoms with van der Waals surface area (Å²) in [6.07, 6.45) is 0.882. The van der Waals surface area contributed by atoms with Crippen LogP contribution in [0.1, 0.15) is 5.56 Å². The highest BCUT2D eigenvalue weighted by molar-refractivity contribution is 9.10. The van der Waals surface area contributed by atoms with Gasteiger partial charge in [0.05, 0.1) is 5.02 Å². The topological polar surface area (TPSA) is 26.0 Å². The monoisotopic (exact) mass is 233 g/mol. The fourth-order valence-electron chi connectivity index (χ4n) is 0.862. The second-order valence-electron chi connectivity index (χ2n) is 2.29. The Morgan fingerprint density at radius 2 is 2.18 bits per heavy atom. The van der Waals surface area contributed by atoms with Crippen molar-refractivity contribution in [3.05, 3.63) is 33.3 Å². The minimum Gasteiger partial charge on any atom is -0.330 e. The molecule has 0 fully saturated rings. The zero-order chi connectivity index (χ0) is 8.27. The van der Waals surface area contributed by atoms with Crippen LogP contribution in [0.3, 0.4) is 0 Å². The van der Waals surface area contributed by atoms with E-state index in [1.54, 1.807) is 0 Å². The van der Waals surface area contributed by atoms with Crippen LogP contribution in [0.5, 0.6) is 0 Å². The lowest BCUT2D eigenvalue weighted by molar-refractivity contribution is 0.968. The second-order valence-corrected chi connectivity index (χ2v) is 3.55. The lowest BCUT2D eigenvalue weighted by atomic mass is 10.2. The fourth-order valence-corrected chi connectivity index (χ4v) is 1.31. The molecule has 1 nitrogen and oxygen atoms in total. The summed E-state index contributed by atoms with van der Waals surface area (Å²) < 4.78 is 0.930. The standard InChI is InChI=1S/C8H9BrClN/c9-7-2-1-6(3-4-11)5-8(7)10/h1-2,5H,3-4,11H2. The van der Waals surface area contributed by atoms with Crippen molar-refractivity contribution in [2.75, 3.05) is 6.54 Å². The van der Waals surface area contributed by atoms with Crippen molar-refractivity contribution in [2.45, 2.75) is 6.42 Å². The first kappa shape index (κ1) is 9.04. The normalized spacial score (nSPS) is 10.1. The first-order valence-electron chi connectivity index (χ1n) is 3.38. The van der Waals surface area contributed by atoms with Crippen LogP contribution < -0.4 is 5.73 Å². The largest absolute Gasteiger partial charge is 0.330 e. The number of hydrogen-bond donors (Lipinski definition) is 1. The summed E-state index contributed by atoms with van der Waals surface area (Å²) in [4.78, 5) is 0. The molecular formula is C8H9BrClN. The molecule has 0 amide bonds. The molecule has 0 spiro atoms. The van der Waals surface area contributed by atoms with Gasteiger partial charge in [0.25, 0.3) is 0 Å². The van der Waals surface area contributed by atoms with E-state index in [4.69, 9.17) is 17.3 Å². The van der Waals surface area contributed by atoms with Gasteiger partial charge in [0.2, 0.25) is 0 Å². The Hall–Kier alpha value is -0.0500. The third-order valence-electron chi connectivity index (χ3n) is 1.42. The van der Waals surface area contributed by atoms with E-state index in [0.29, 0.717) is 6.54 Å². The highest BCUT2D eigenvalue weighted by Gasteiger charge is 1.97. The molecule has 60 valence electrons. The van der Waals surface area contributed by atoms with Gasteiger partial charge in [-0.05, 0) is 46.6 Å². The first-order chi connectivity index (χ1) is 5.24. The number of nitrogens with two attached hydrogens (primary N) is 1. The van der Waals surface area contributed by atoms with Crippen LogP contribution in [-0.2, 0) is 6.42 Å². The van der Waals surface area contributed by atoms with Crippen molar-refractivity contribution in [3.8, 4) is 0 Å². The van der Waals surface area contributed by atoms with E-state index in [9.17, 15) is 0 Å². The van der Waals surface area contributed by atoms with Gasteiger partial charge in [-0.1, -0.05) is 17.7 Å². The zero-order valence-corrected chi connectivity index (χ0v) is 8.32. The van der Waals surface area contributed by atoms with Gasteiger partial charge in [0, 0.05) is 4.47 Å². The molecular weight excluding hydrogens is 225 g/mol. The van der Waals surface area contributed by atoms with Crippen molar-refractivity contribution in [3.63, 3.8) is 0 Å². The van der Waals surface area contributed by atoms with Crippen molar-refractivity contribution < 1.29 is 0 Å². The predicted molar refractivity (Wildman–Crippen MR) is 51.9 cm³/mol. The summed E-state index contributed by atoms with van der Waals surface area (Å²) in [7, 11) is 0. The second kappa shape index (κ2) is 4.10. The van der Waals surface area contributed by atoms with Gasteiger partial charge in [-0.25, -0.2) is 0 Å². The van der Waals surface area contributed by atoms with Crippen LogP contribution in [0.4, 0.5) is 0 Å². The molecule has 0 radical (unpaired) electrons. The minimum atomic E-state index is 0.665. The molecule has 1 aromatic carbocycles. The molecule has 0 atom stereocenters. The summed E-state index contributed by atoms with van der Waals surface area (Å²) >= 11 is 9.18. The van der Waals surface area contributed by atoms with E-state index < -0.39 is 0 Å². The Bertz CT molecular complexity index is 250. The summed E-state index contributed by atoms with van der Waals surface area (Å²) in [6, 6.07) is 5.88. The van der Waals surface area contributed by atoms with E-state index in [-0.39, 0.29) is 0 Å². The van der Waals surface area contributed by atoms with Crippen LogP contribution in [0.25, 0.3) is 0 Å². The van der Waals surface area contributed by atoms with Gasteiger partial charge in [0.15, 0.2) is 0 Å². The summed E-state index contributed by atoms with van der Waals surface area (Å²) in [5.74, 6) is 0. The Morgan fingerprint density at radius 1 is 1.45 bits per heavy atom. The maximum absolute atomic E-state index is 5.86. The first-order valence-corrected chi connectivity index (χ1v) is 4.55. The molecule has 3 heteroatoms. The summed E-state index contributed by atoms with van der Waals surface area (Å²) in [5, 5.41) is 0.746. The molecule has 0 aliphatic rings. The van der Waals surface area contributed by atoms with Crippen molar-refractivity contribution in [1.82, 2.24) is 0 Å². The van der Waals surface area contributed by atoms with Gasteiger partial charge in [0.1, 0.15) is 0 Å². The van der Waals surface area contributed by atoms with Gasteiger partial charge in [-0.3, -0.25) is 0 Å². The highest BCUT2D eigenvalue weighted by Crippen LogP contribution is 2.23. The molecule has 1 aromatic rings. The average molecular weight is 235 g/mol. The maximum Gasteiger partial charge on any atom is 0.0550 e. The molecule has 0 aromatic heterocycles. The van der Waals surface area contributed by atoms with Gasteiger partial charge in [-0.2, -0.15) is 0 Å². The molecule has 1 rings (SSSR count). The molecule has 0 heterocycles. The molecule has 0 bridgehead atoms. The average Bonchev–Trinajstić information content (AvgIpc) is 1.98. The number of halogens is 2. The van der Waals surface area contributed by atoms with Crippen LogP contribution >= 0.6 is 27.5 Å². The molecule has 11 heavy (non-hydrogen) atoms. The van der Waals surface area contributed by atoms with E-state index in [1.165, 1.54) is 5.56 Å². The van der Waals surface area contributed by atoms with Gasteiger partial charge < -0.3 is 5.73 Å². The predicted octanol–water partition coefficient (Wildman–Crippen LogP) is 2.60. The molecule has 2 N–H and O–H groups in total. The molecule has 0 unspecified atom stereocenters. The minimum absolute atomic E-state index is 0.665. The van der Waals surface area contributed by atoms with Crippen molar-refractivity contribution in [2.24, 2.45) is 5.73 Å². The van der Waals surface area contributed by atoms with Crippen LogP contribution in [-0.4, -0.2) is 6.54 Å². The van der Waals surface area contributed by atoms with E-state index in [2.05, 4.69) is 15.9 Å². The smallest absolute Gasteiger partial charge is 0.0550 e. The number of hydrogen-bond acceptors (Lipinski definition) is 1. The molecule has 0 saturated heterocycles. The third-order valence-corrected chi connectivity index (χ3v) is 2.65. The number of benzene rings is 1. The maximum atomic E-state index is 5.86. The summed E-state index contributed by atoms with van der Waals surface area (Å²) in [5.41, 5.74) is 6.58. The van der Waals surface area contributed by atoms with E-state index in [1.807, 2.05) is 18.2 Å². The van der Waals surface area contributed by atoms with Crippen LogP contribution in [0, 0.1) is 0 Å². The highest BCUT2D eigenvalue weighted by atomic mass is 79.9. The SMILES string of the molecule is NCCc1ccc(Br)c(Cl)c1. The van der Waals surface area contributed by atoms with Crippen LogP contribution in [0.15, 0.2) is 22.7 Å². The number of rotatable bonds is 2. The lowest BCUT2D eigenvalue weighted by Gasteiger charge is -2.00. The Balaban J connectivity index is 2.86. The third kappa shape index (κ3) is 2.47. The fraction of sp³-hybridized carbons (Fsp3) is 0.250. The van der Waals surface area contributed by atoms with Crippen molar-refractivity contribution >= 4 is 27.5 Å². The van der Waals surface area contributed by atoms with Gasteiger partial charge in [-0.15, -0.1) is 0 Å². The Labute approximate surface area is 79.7 Å². The van der Waals surface area contributed by atoms with Gasteiger partial charge >= 0.3 is 0 Å². The Kier molecular flexibility index (Phi) is 3.37. The van der Waals surface area contributed by atoms with Crippen molar-refractivity contribution in [1.29, 1.82) is 0 Å². The van der Waals surface area contributed by atoms with Crippen LogP contribution in [0.2, 0.25) is 5.02 Å². The zero-order valence-electron chi connectivity index (χ0n) is 5.98. The molecule has 0 aliphatic carbocycles. The molecule has 0 aliphatic heterocycles.